The average Bonchev–Trinajstić information content (AvgIpc) is 2.53. The highest BCUT2D eigenvalue weighted by Gasteiger charge is 2.25. The number of amides is 2. The van der Waals surface area contributed by atoms with Gasteiger partial charge in [-0.2, -0.15) is 0 Å². The van der Waals surface area contributed by atoms with Crippen molar-refractivity contribution >= 4 is 11.8 Å². The van der Waals surface area contributed by atoms with E-state index in [4.69, 9.17) is 4.74 Å². The van der Waals surface area contributed by atoms with Crippen LogP contribution in [0.1, 0.15) is 25.3 Å². The Morgan fingerprint density at radius 3 is 2.67 bits per heavy atom. The van der Waals surface area contributed by atoms with Crippen LogP contribution in [0.15, 0.2) is 24.3 Å². The van der Waals surface area contributed by atoms with Gasteiger partial charge in [0.1, 0.15) is 5.75 Å². The van der Waals surface area contributed by atoms with Crippen molar-refractivity contribution in [3.8, 4) is 5.75 Å². The molecule has 0 aliphatic carbocycles. The molecule has 1 aliphatic heterocycles. The lowest BCUT2D eigenvalue weighted by Crippen LogP contribution is -2.42. The van der Waals surface area contributed by atoms with Gasteiger partial charge in [0.25, 0.3) is 0 Å². The highest BCUT2D eigenvalue weighted by molar-refractivity contribution is 5.79. The van der Waals surface area contributed by atoms with E-state index < -0.39 is 0 Å². The number of methoxy groups -OCH3 is 1. The smallest absolute Gasteiger partial charge is 0.223 e. The molecule has 1 aliphatic rings. The molecule has 0 radical (unpaired) electrons. The Morgan fingerprint density at radius 2 is 2.05 bits per heavy atom. The van der Waals surface area contributed by atoms with Crippen LogP contribution in [0.25, 0.3) is 0 Å². The maximum atomic E-state index is 12.2. The number of hydrogen-bond donors (Lipinski definition) is 1. The van der Waals surface area contributed by atoms with Crippen molar-refractivity contribution in [1.82, 2.24) is 10.2 Å². The van der Waals surface area contributed by atoms with Crippen LogP contribution in [-0.2, 0) is 16.1 Å². The van der Waals surface area contributed by atoms with E-state index in [1.165, 1.54) is 0 Å². The van der Waals surface area contributed by atoms with Crippen molar-refractivity contribution in [1.29, 1.82) is 0 Å². The highest BCUT2D eigenvalue weighted by Crippen LogP contribution is 2.18. The Kier molecular flexibility index (Phi) is 5.20. The van der Waals surface area contributed by atoms with Gasteiger partial charge in [0.05, 0.1) is 7.11 Å². The summed E-state index contributed by atoms with van der Waals surface area (Å²) in [5.41, 5.74) is 1.02. The maximum Gasteiger partial charge on any atom is 0.223 e. The average molecular weight is 290 g/mol. The van der Waals surface area contributed by atoms with Crippen molar-refractivity contribution < 1.29 is 14.3 Å². The minimum Gasteiger partial charge on any atom is -0.497 e. The number of piperidine rings is 1. The molecule has 1 heterocycles. The van der Waals surface area contributed by atoms with Crippen LogP contribution in [0.2, 0.25) is 0 Å². The Bertz CT molecular complexity index is 508. The lowest BCUT2D eigenvalue weighted by Gasteiger charge is -2.30. The highest BCUT2D eigenvalue weighted by atomic mass is 16.5. The number of nitrogens with zero attached hydrogens (tertiary/aromatic N) is 1. The molecule has 0 spiro atoms. The first-order chi connectivity index (χ1) is 10.1. The molecule has 1 aromatic carbocycles. The molecule has 5 nitrogen and oxygen atoms in total. The van der Waals surface area contributed by atoms with E-state index in [-0.39, 0.29) is 17.7 Å². The first-order valence-corrected chi connectivity index (χ1v) is 7.26. The zero-order valence-electron chi connectivity index (χ0n) is 12.6. The Morgan fingerprint density at radius 1 is 1.33 bits per heavy atom. The third kappa shape index (κ3) is 4.21. The molecule has 2 rings (SSSR count). The quantitative estimate of drug-likeness (QED) is 0.915. The van der Waals surface area contributed by atoms with E-state index in [2.05, 4.69) is 5.32 Å². The van der Waals surface area contributed by atoms with Gasteiger partial charge in [-0.1, -0.05) is 12.1 Å². The number of benzene rings is 1. The van der Waals surface area contributed by atoms with Gasteiger partial charge in [-0.15, -0.1) is 0 Å². The third-order valence-corrected chi connectivity index (χ3v) is 3.91. The molecular formula is C16H22N2O3. The number of rotatable bonds is 4. The van der Waals surface area contributed by atoms with Crippen molar-refractivity contribution in [2.24, 2.45) is 5.92 Å². The number of hydrogen-bond acceptors (Lipinski definition) is 3. The minimum atomic E-state index is 0.00575. The fraction of sp³-hybridized carbons (Fsp3) is 0.500. The summed E-state index contributed by atoms with van der Waals surface area (Å²) in [6.45, 7) is 3.42. The van der Waals surface area contributed by atoms with Gasteiger partial charge in [0.2, 0.25) is 11.8 Å². The van der Waals surface area contributed by atoms with Crippen molar-refractivity contribution in [3.05, 3.63) is 29.8 Å². The van der Waals surface area contributed by atoms with Gasteiger partial charge in [-0.3, -0.25) is 9.59 Å². The molecule has 5 heteroatoms. The molecule has 114 valence electrons. The van der Waals surface area contributed by atoms with Gasteiger partial charge < -0.3 is 15.0 Å². The predicted molar refractivity (Wildman–Crippen MR) is 79.8 cm³/mol. The van der Waals surface area contributed by atoms with E-state index in [1.807, 2.05) is 24.3 Å². The van der Waals surface area contributed by atoms with Gasteiger partial charge in [0, 0.05) is 32.5 Å². The number of carbonyl (C=O) groups is 2. The van der Waals surface area contributed by atoms with Gasteiger partial charge in [-0.05, 0) is 30.5 Å². The molecule has 21 heavy (non-hydrogen) atoms. The fourth-order valence-corrected chi connectivity index (χ4v) is 2.57. The van der Waals surface area contributed by atoms with E-state index >= 15 is 0 Å². The second-order valence-corrected chi connectivity index (χ2v) is 5.35. The summed E-state index contributed by atoms with van der Waals surface area (Å²) < 4.78 is 5.16. The summed E-state index contributed by atoms with van der Waals surface area (Å²) in [4.78, 5) is 25.2. The SMILES string of the molecule is COc1cccc(CNC(=O)C2CCN(C(C)=O)CC2)c1. The minimum absolute atomic E-state index is 0.00575. The molecule has 0 aromatic heterocycles. The summed E-state index contributed by atoms with van der Waals surface area (Å²) in [7, 11) is 1.63. The van der Waals surface area contributed by atoms with Crippen LogP contribution in [0.3, 0.4) is 0 Å². The zero-order valence-corrected chi connectivity index (χ0v) is 12.6. The van der Waals surface area contributed by atoms with Crippen LogP contribution in [0, 0.1) is 5.92 Å². The van der Waals surface area contributed by atoms with E-state index in [1.54, 1.807) is 18.9 Å². The van der Waals surface area contributed by atoms with Gasteiger partial charge in [-0.25, -0.2) is 0 Å². The molecule has 1 N–H and O–H groups in total. The topological polar surface area (TPSA) is 58.6 Å². The first-order valence-electron chi connectivity index (χ1n) is 7.26. The Labute approximate surface area is 125 Å². The lowest BCUT2D eigenvalue weighted by molar-refractivity contribution is -0.134. The molecule has 1 aromatic rings. The van der Waals surface area contributed by atoms with Crippen molar-refractivity contribution in [2.45, 2.75) is 26.3 Å². The molecule has 0 unspecified atom stereocenters. The summed E-state index contributed by atoms with van der Waals surface area (Å²) in [5.74, 6) is 0.953. The Hall–Kier alpha value is -2.04. The molecule has 1 fully saturated rings. The normalized spacial score (nSPS) is 15.6. The van der Waals surface area contributed by atoms with E-state index in [9.17, 15) is 9.59 Å². The maximum absolute atomic E-state index is 12.2. The molecule has 2 amide bonds. The van der Waals surface area contributed by atoms with Crippen LogP contribution in [0.5, 0.6) is 5.75 Å². The number of likely N-dealkylation sites (tertiary alicyclic amines) is 1. The largest absolute Gasteiger partial charge is 0.497 e. The predicted octanol–water partition coefficient (Wildman–Crippen LogP) is 1.57. The standard InChI is InChI=1S/C16H22N2O3/c1-12(19)18-8-6-14(7-9-18)16(20)17-11-13-4-3-5-15(10-13)21-2/h3-5,10,14H,6-9,11H2,1-2H3,(H,17,20). The van der Waals surface area contributed by atoms with E-state index in [0.29, 0.717) is 19.6 Å². The summed E-state index contributed by atoms with van der Waals surface area (Å²) in [6, 6.07) is 7.66. The van der Waals surface area contributed by atoms with Crippen LogP contribution in [0.4, 0.5) is 0 Å². The second-order valence-electron chi connectivity index (χ2n) is 5.35. The fourth-order valence-electron chi connectivity index (χ4n) is 2.57. The summed E-state index contributed by atoms with van der Waals surface area (Å²) in [6.07, 6.45) is 1.48. The lowest BCUT2D eigenvalue weighted by atomic mass is 9.96. The summed E-state index contributed by atoms with van der Waals surface area (Å²) >= 11 is 0. The van der Waals surface area contributed by atoms with Crippen LogP contribution in [-0.4, -0.2) is 36.9 Å². The Balaban J connectivity index is 1.81. The van der Waals surface area contributed by atoms with Crippen LogP contribution >= 0.6 is 0 Å². The number of nitrogens with one attached hydrogen (secondary N) is 1. The monoisotopic (exact) mass is 290 g/mol. The second kappa shape index (κ2) is 7.11. The molecule has 0 bridgehead atoms. The van der Waals surface area contributed by atoms with Crippen molar-refractivity contribution in [3.63, 3.8) is 0 Å². The third-order valence-electron chi connectivity index (χ3n) is 3.91. The number of ether oxygens (including phenoxy) is 1. The molecule has 1 saturated heterocycles. The van der Waals surface area contributed by atoms with E-state index in [0.717, 1.165) is 24.2 Å². The van der Waals surface area contributed by atoms with Crippen LogP contribution < -0.4 is 10.1 Å². The first kappa shape index (κ1) is 15.4. The molecule has 0 atom stereocenters. The molecule has 0 saturated carbocycles. The number of carbonyl (C=O) groups excluding carboxylic acids is 2. The van der Waals surface area contributed by atoms with Gasteiger partial charge >= 0.3 is 0 Å². The zero-order chi connectivity index (χ0) is 15.2. The van der Waals surface area contributed by atoms with Gasteiger partial charge in [0.15, 0.2) is 0 Å². The van der Waals surface area contributed by atoms with Crippen molar-refractivity contribution in [2.75, 3.05) is 20.2 Å². The summed E-state index contributed by atoms with van der Waals surface area (Å²) in [5, 5.41) is 2.97. The molecular weight excluding hydrogens is 268 g/mol.